The van der Waals surface area contributed by atoms with Crippen LogP contribution in [0.4, 0.5) is 0 Å². The van der Waals surface area contributed by atoms with Crippen molar-refractivity contribution in [2.75, 3.05) is 7.11 Å². The summed E-state index contributed by atoms with van der Waals surface area (Å²) in [7, 11) is 1.63. The molecule has 5 heteroatoms. The van der Waals surface area contributed by atoms with E-state index in [2.05, 4.69) is 10.6 Å². The predicted molar refractivity (Wildman–Crippen MR) is 109 cm³/mol. The van der Waals surface area contributed by atoms with Gasteiger partial charge in [0.1, 0.15) is 5.75 Å². The number of para-hydroxylation sites is 2. The Morgan fingerprint density at radius 3 is 2.39 bits per heavy atom. The summed E-state index contributed by atoms with van der Waals surface area (Å²) < 4.78 is 11.2. The first-order valence-corrected chi connectivity index (χ1v) is 10.1. The molecule has 28 heavy (non-hydrogen) atoms. The molecule has 0 spiro atoms. The molecule has 2 heterocycles. The van der Waals surface area contributed by atoms with Gasteiger partial charge >= 0.3 is 0 Å². The Balaban J connectivity index is 1.26. The first-order valence-electron chi connectivity index (χ1n) is 10.1. The fourth-order valence-electron chi connectivity index (χ4n) is 4.38. The van der Waals surface area contributed by atoms with Gasteiger partial charge in [-0.2, -0.15) is 0 Å². The fraction of sp³-hybridized carbons (Fsp3) is 0.435. The minimum Gasteiger partial charge on any atom is -0.493 e. The first kappa shape index (κ1) is 18.8. The number of hydrogen-bond donors (Lipinski definition) is 2. The van der Waals surface area contributed by atoms with Crippen LogP contribution in [0.5, 0.6) is 17.2 Å². The normalized spacial score (nSPS) is 23.2. The van der Waals surface area contributed by atoms with Crippen molar-refractivity contribution in [3.63, 3.8) is 0 Å². The Labute approximate surface area is 166 Å². The van der Waals surface area contributed by atoms with Gasteiger partial charge in [-0.3, -0.25) is 4.79 Å². The Bertz CT molecular complexity index is 794. The van der Waals surface area contributed by atoms with E-state index in [1.807, 2.05) is 48.5 Å². The Kier molecular flexibility index (Phi) is 5.81. The molecule has 2 N–H and O–H groups in total. The van der Waals surface area contributed by atoms with Gasteiger partial charge in [0.25, 0.3) is 0 Å². The number of benzene rings is 2. The minimum atomic E-state index is 0.153. The molecule has 2 aliphatic heterocycles. The standard InChI is InChI=1S/C23H28N2O3/c1-27-21-4-2-3-5-22(21)28-20-10-6-16(7-11-20)15-24-23(26)14-17-12-18-8-9-19(13-17)25-18/h2-7,10-11,17-19,25H,8-9,12-15H2,1H3,(H,24,26). The maximum atomic E-state index is 12.3. The number of carbonyl (C=O) groups excluding carboxylic acids is 1. The van der Waals surface area contributed by atoms with Crippen LogP contribution in [0.2, 0.25) is 0 Å². The van der Waals surface area contributed by atoms with E-state index in [4.69, 9.17) is 9.47 Å². The molecule has 2 unspecified atom stereocenters. The van der Waals surface area contributed by atoms with Crippen molar-refractivity contribution in [1.29, 1.82) is 0 Å². The predicted octanol–water partition coefficient (Wildman–Crippen LogP) is 4.02. The largest absolute Gasteiger partial charge is 0.493 e. The van der Waals surface area contributed by atoms with Crippen molar-refractivity contribution in [2.24, 2.45) is 5.92 Å². The van der Waals surface area contributed by atoms with Crippen LogP contribution in [-0.4, -0.2) is 25.1 Å². The molecule has 4 rings (SSSR count). The van der Waals surface area contributed by atoms with Gasteiger partial charge in [-0.15, -0.1) is 0 Å². The lowest BCUT2D eigenvalue weighted by atomic mass is 9.89. The highest BCUT2D eigenvalue weighted by molar-refractivity contribution is 5.76. The highest BCUT2D eigenvalue weighted by Gasteiger charge is 2.34. The Morgan fingerprint density at radius 1 is 1.04 bits per heavy atom. The van der Waals surface area contributed by atoms with Crippen LogP contribution < -0.4 is 20.1 Å². The average Bonchev–Trinajstić information content (AvgIpc) is 3.06. The van der Waals surface area contributed by atoms with Gasteiger partial charge in [0.05, 0.1) is 7.11 Å². The molecule has 2 aromatic carbocycles. The number of carbonyl (C=O) groups is 1. The van der Waals surface area contributed by atoms with Crippen LogP contribution >= 0.6 is 0 Å². The van der Waals surface area contributed by atoms with Gasteiger partial charge in [0, 0.05) is 25.0 Å². The summed E-state index contributed by atoms with van der Waals surface area (Å²) in [5.41, 5.74) is 1.06. The molecule has 5 nitrogen and oxygen atoms in total. The summed E-state index contributed by atoms with van der Waals surface area (Å²) in [4.78, 5) is 12.3. The molecule has 0 aromatic heterocycles. The van der Waals surface area contributed by atoms with E-state index in [0.29, 0.717) is 42.5 Å². The second kappa shape index (κ2) is 8.65. The third kappa shape index (κ3) is 4.65. The van der Waals surface area contributed by atoms with Crippen molar-refractivity contribution < 1.29 is 14.3 Å². The van der Waals surface area contributed by atoms with Crippen molar-refractivity contribution in [1.82, 2.24) is 10.6 Å². The fourth-order valence-corrected chi connectivity index (χ4v) is 4.38. The van der Waals surface area contributed by atoms with Crippen LogP contribution in [0.3, 0.4) is 0 Å². The maximum absolute atomic E-state index is 12.3. The Morgan fingerprint density at radius 2 is 1.71 bits per heavy atom. The third-order valence-electron chi connectivity index (χ3n) is 5.75. The summed E-state index contributed by atoms with van der Waals surface area (Å²) in [6, 6.07) is 16.6. The molecular weight excluding hydrogens is 352 g/mol. The minimum absolute atomic E-state index is 0.153. The van der Waals surface area contributed by atoms with E-state index in [1.54, 1.807) is 7.11 Å². The lowest BCUT2D eigenvalue weighted by Gasteiger charge is -2.28. The summed E-state index contributed by atoms with van der Waals surface area (Å²) in [5.74, 6) is 2.80. The Hall–Kier alpha value is -2.53. The van der Waals surface area contributed by atoms with Gasteiger partial charge in [-0.25, -0.2) is 0 Å². The van der Waals surface area contributed by atoms with Crippen LogP contribution in [0.15, 0.2) is 48.5 Å². The molecule has 2 atom stereocenters. The van der Waals surface area contributed by atoms with Crippen LogP contribution in [-0.2, 0) is 11.3 Å². The van der Waals surface area contributed by atoms with Crippen molar-refractivity contribution in [3.8, 4) is 17.2 Å². The molecule has 0 aliphatic carbocycles. The zero-order valence-electron chi connectivity index (χ0n) is 16.3. The monoisotopic (exact) mass is 380 g/mol. The van der Waals surface area contributed by atoms with Gasteiger partial charge in [0.15, 0.2) is 11.5 Å². The number of piperidine rings is 1. The number of ether oxygens (including phenoxy) is 2. The average molecular weight is 380 g/mol. The smallest absolute Gasteiger partial charge is 0.220 e. The van der Waals surface area contributed by atoms with Crippen LogP contribution in [0.25, 0.3) is 0 Å². The second-order valence-corrected chi connectivity index (χ2v) is 7.85. The summed E-state index contributed by atoms with van der Waals surface area (Å²) in [6.45, 7) is 0.547. The molecule has 1 amide bonds. The number of fused-ring (bicyclic) bond motifs is 2. The molecule has 0 saturated carbocycles. The SMILES string of the molecule is COc1ccccc1Oc1ccc(CNC(=O)CC2CC3CCC(C2)N3)cc1. The molecular formula is C23H28N2O3. The zero-order chi connectivity index (χ0) is 19.3. The summed E-state index contributed by atoms with van der Waals surface area (Å²) >= 11 is 0. The molecule has 2 fully saturated rings. The van der Waals surface area contributed by atoms with E-state index in [1.165, 1.54) is 12.8 Å². The highest BCUT2D eigenvalue weighted by Crippen LogP contribution is 2.33. The number of nitrogens with one attached hydrogen (secondary N) is 2. The maximum Gasteiger partial charge on any atom is 0.220 e. The number of methoxy groups -OCH3 is 1. The second-order valence-electron chi connectivity index (χ2n) is 7.85. The molecule has 2 aliphatic rings. The van der Waals surface area contributed by atoms with E-state index in [-0.39, 0.29) is 5.91 Å². The summed E-state index contributed by atoms with van der Waals surface area (Å²) in [5, 5.41) is 6.69. The first-order chi connectivity index (χ1) is 13.7. The van der Waals surface area contributed by atoms with Gasteiger partial charge < -0.3 is 20.1 Å². The molecule has 2 aromatic rings. The van der Waals surface area contributed by atoms with Gasteiger partial charge in [-0.05, 0) is 61.4 Å². The van der Waals surface area contributed by atoms with E-state index in [0.717, 1.165) is 24.2 Å². The number of hydrogen-bond acceptors (Lipinski definition) is 4. The molecule has 2 saturated heterocycles. The van der Waals surface area contributed by atoms with Gasteiger partial charge in [0.2, 0.25) is 5.91 Å². The lowest BCUT2D eigenvalue weighted by Crippen LogP contribution is -2.39. The number of rotatable bonds is 7. The van der Waals surface area contributed by atoms with Crippen molar-refractivity contribution in [3.05, 3.63) is 54.1 Å². The van der Waals surface area contributed by atoms with Crippen molar-refractivity contribution in [2.45, 2.75) is 50.7 Å². The molecule has 148 valence electrons. The molecule has 2 bridgehead atoms. The topological polar surface area (TPSA) is 59.6 Å². The van der Waals surface area contributed by atoms with Gasteiger partial charge in [-0.1, -0.05) is 24.3 Å². The van der Waals surface area contributed by atoms with E-state index >= 15 is 0 Å². The quantitative estimate of drug-likeness (QED) is 0.762. The van der Waals surface area contributed by atoms with E-state index in [9.17, 15) is 4.79 Å². The summed E-state index contributed by atoms with van der Waals surface area (Å²) in [6.07, 6.45) is 5.46. The van der Waals surface area contributed by atoms with Crippen LogP contribution in [0, 0.1) is 5.92 Å². The highest BCUT2D eigenvalue weighted by atomic mass is 16.5. The zero-order valence-corrected chi connectivity index (χ0v) is 16.3. The van der Waals surface area contributed by atoms with Crippen LogP contribution in [0.1, 0.15) is 37.7 Å². The lowest BCUT2D eigenvalue weighted by molar-refractivity contribution is -0.122. The number of amides is 1. The molecule has 0 radical (unpaired) electrons. The third-order valence-corrected chi connectivity index (χ3v) is 5.75. The van der Waals surface area contributed by atoms with Crippen molar-refractivity contribution >= 4 is 5.91 Å². The van der Waals surface area contributed by atoms with E-state index < -0.39 is 0 Å².